The van der Waals surface area contributed by atoms with Crippen LogP contribution < -0.4 is 5.32 Å². The van der Waals surface area contributed by atoms with Crippen molar-refractivity contribution in [3.8, 4) is 0 Å². The maximum atomic E-state index is 6.25. The quantitative estimate of drug-likeness (QED) is 0.880. The molecule has 2 rings (SSSR count). The van der Waals surface area contributed by atoms with Gasteiger partial charge in [0.05, 0.1) is 11.1 Å². The fourth-order valence-electron chi connectivity index (χ4n) is 1.97. The third-order valence-corrected chi connectivity index (χ3v) is 3.48. The minimum Gasteiger partial charge on any atom is -0.306 e. The van der Waals surface area contributed by atoms with Gasteiger partial charge >= 0.3 is 0 Å². The van der Waals surface area contributed by atoms with E-state index in [9.17, 15) is 0 Å². The Hall–Kier alpha value is -1.09. The van der Waals surface area contributed by atoms with Crippen LogP contribution in [0.15, 0.2) is 42.7 Å². The largest absolute Gasteiger partial charge is 0.306 e. The highest BCUT2D eigenvalue weighted by Crippen LogP contribution is 2.28. The standard InChI is InChI=1S/C15H16Cl2N2/c1-2-8-19-15(11-3-5-12(16)6-4-11)13-7-9-18-10-14(13)17/h3-7,9-10,15,19H,2,8H2,1H3. The smallest absolute Gasteiger partial charge is 0.0640 e. The zero-order valence-electron chi connectivity index (χ0n) is 10.7. The Kier molecular flexibility index (Phi) is 5.20. The molecule has 1 heterocycles. The molecule has 0 amide bonds. The van der Waals surface area contributed by atoms with E-state index in [2.05, 4.69) is 17.2 Å². The van der Waals surface area contributed by atoms with Gasteiger partial charge in [-0.25, -0.2) is 0 Å². The highest BCUT2D eigenvalue weighted by molar-refractivity contribution is 6.31. The van der Waals surface area contributed by atoms with E-state index >= 15 is 0 Å². The maximum absolute atomic E-state index is 6.25. The molecule has 0 spiro atoms. The van der Waals surface area contributed by atoms with E-state index in [1.807, 2.05) is 30.3 Å². The first-order chi connectivity index (χ1) is 9.22. The average molecular weight is 295 g/mol. The van der Waals surface area contributed by atoms with Crippen LogP contribution in [-0.2, 0) is 0 Å². The molecule has 1 unspecified atom stereocenters. The van der Waals surface area contributed by atoms with Crippen LogP contribution in [0.2, 0.25) is 10.0 Å². The van der Waals surface area contributed by atoms with Crippen LogP contribution in [0.4, 0.5) is 0 Å². The highest BCUT2D eigenvalue weighted by Gasteiger charge is 2.16. The Balaban J connectivity index is 2.35. The zero-order chi connectivity index (χ0) is 13.7. The molecule has 0 aliphatic heterocycles. The van der Waals surface area contributed by atoms with Gasteiger partial charge in [-0.05, 0) is 42.3 Å². The van der Waals surface area contributed by atoms with Crippen LogP contribution in [0, 0.1) is 0 Å². The minimum atomic E-state index is 0.0627. The van der Waals surface area contributed by atoms with E-state index in [1.165, 1.54) is 0 Å². The first kappa shape index (κ1) is 14.3. The number of nitrogens with zero attached hydrogens (tertiary/aromatic N) is 1. The molecule has 0 bridgehead atoms. The second kappa shape index (κ2) is 6.90. The van der Waals surface area contributed by atoms with E-state index < -0.39 is 0 Å². The van der Waals surface area contributed by atoms with E-state index in [0.717, 1.165) is 29.1 Å². The van der Waals surface area contributed by atoms with Crippen molar-refractivity contribution in [2.24, 2.45) is 0 Å². The number of hydrogen-bond donors (Lipinski definition) is 1. The molecule has 0 radical (unpaired) electrons. The SMILES string of the molecule is CCCNC(c1ccc(Cl)cc1)c1ccncc1Cl. The first-order valence-electron chi connectivity index (χ1n) is 6.30. The van der Waals surface area contributed by atoms with Gasteiger partial charge in [-0.3, -0.25) is 4.98 Å². The van der Waals surface area contributed by atoms with Crippen LogP contribution in [-0.4, -0.2) is 11.5 Å². The molecule has 100 valence electrons. The average Bonchev–Trinajstić information content (AvgIpc) is 2.43. The van der Waals surface area contributed by atoms with Gasteiger partial charge in [-0.15, -0.1) is 0 Å². The normalized spacial score (nSPS) is 12.4. The Morgan fingerprint density at radius 3 is 2.53 bits per heavy atom. The monoisotopic (exact) mass is 294 g/mol. The van der Waals surface area contributed by atoms with Gasteiger partial charge in [-0.1, -0.05) is 42.3 Å². The summed E-state index contributed by atoms with van der Waals surface area (Å²) in [6, 6.07) is 9.84. The fraction of sp³-hybridized carbons (Fsp3) is 0.267. The van der Waals surface area contributed by atoms with E-state index in [1.54, 1.807) is 12.4 Å². The molecule has 0 aliphatic carbocycles. The molecular weight excluding hydrogens is 279 g/mol. The van der Waals surface area contributed by atoms with Crippen molar-refractivity contribution in [3.05, 3.63) is 63.9 Å². The predicted octanol–water partition coefficient (Wildman–Crippen LogP) is 4.48. The molecule has 0 saturated carbocycles. The molecule has 19 heavy (non-hydrogen) atoms. The number of benzene rings is 1. The third kappa shape index (κ3) is 3.69. The fourth-order valence-corrected chi connectivity index (χ4v) is 2.33. The minimum absolute atomic E-state index is 0.0627. The molecular formula is C15H16Cl2N2. The summed E-state index contributed by atoms with van der Waals surface area (Å²) < 4.78 is 0. The Morgan fingerprint density at radius 2 is 1.89 bits per heavy atom. The Bertz CT molecular complexity index is 526. The van der Waals surface area contributed by atoms with Gasteiger partial charge in [0.2, 0.25) is 0 Å². The maximum Gasteiger partial charge on any atom is 0.0640 e. The summed E-state index contributed by atoms with van der Waals surface area (Å²) in [5.74, 6) is 0. The lowest BCUT2D eigenvalue weighted by atomic mass is 9.99. The molecule has 1 aromatic carbocycles. The van der Waals surface area contributed by atoms with Crippen molar-refractivity contribution in [2.75, 3.05) is 6.54 Å². The Labute approximate surface area is 123 Å². The first-order valence-corrected chi connectivity index (χ1v) is 7.06. The van der Waals surface area contributed by atoms with Crippen molar-refractivity contribution < 1.29 is 0 Å². The van der Waals surface area contributed by atoms with E-state index in [4.69, 9.17) is 23.2 Å². The zero-order valence-corrected chi connectivity index (χ0v) is 12.2. The summed E-state index contributed by atoms with van der Waals surface area (Å²) in [5, 5.41) is 4.91. The van der Waals surface area contributed by atoms with Crippen LogP contribution in [0.5, 0.6) is 0 Å². The van der Waals surface area contributed by atoms with Gasteiger partial charge < -0.3 is 5.32 Å². The van der Waals surface area contributed by atoms with Gasteiger partial charge in [0.1, 0.15) is 0 Å². The summed E-state index contributed by atoms with van der Waals surface area (Å²) in [7, 11) is 0. The molecule has 1 aromatic heterocycles. The third-order valence-electron chi connectivity index (χ3n) is 2.92. The number of rotatable bonds is 5. The van der Waals surface area contributed by atoms with Crippen molar-refractivity contribution in [2.45, 2.75) is 19.4 Å². The molecule has 1 N–H and O–H groups in total. The van der Waals surface area contributed by atoms with Crippen LogP contribution >= 0.6 is 23.2 Å². The lowest BCUT2D eigenvalue weighted by Crippen LogP contribution is -2.23. The van der Waals surface area contributed by atoms with E-state index in [-0.39, 0.29) is 6.04 Å². The number of pyridine rings is 1. The summed E-state index contributed by atoms with van der Waals surface area (Å²) in [5.41, 5.74) is 2.18. The summed E-state index contributed by atoms with van der Waals surface area (Å²) in [6.45, 7) is 3.06. The van der Waals surface area contributed by atoms with Crippen molar-refractivity contribution in [1.29, 1.82) is 0 Å². The number of aromatic nitrogens is 1. The summed E-state index contributed by atoms with van der Waals surface area (Å²) in [6.07, 6.45) is 4.50. The second-order valence-electron chi connectivity index (χ2n) is 4.34. The molecule has 4 heteroatoms. The lowest BCUT2D eigenvalue weighted by molar-refractivity contribution is 0.598. The van der Waals surface area contributed by atoms with Crippen molar-refractivity contribution >= 4 is 23.2 Å². The number of hydrogen-bond acceptors (Lipinski definition) is 2. The van der Waals surface area contributed by atoms with Crippen molar-refractivity contribution in [1.82, 2.24) is 10.3 Å². The topological polar surface area (TPSA) is 24.9 Å². The molecule has 0 fully saturated rings. The van der Waals surface area contributed by atoms with Gasteiger partial charge in [0.25, 0.3) is 0 Å². The van der Waals surface area contributed by atoms with Crippen LogP contribution in [0.1, 0.15) is 30.5 Å². The Morgan fingerprint density at radius 1 is 1.16 bits per heavy atom. The molecule has 2 nitrogen and oxygen atoms in total. The lowest BCUT2D eigenvalue weighted by Gasteiger charge is -2.20. The van der Waals surface area contributed by atoms with Gasteiger partial charge in [-0.2, -0.15) is 0 Å². The second-order valence-corrected chi connectivity index (χ2v) is 5.18. The molecule has 0 saturated heterocycles. The molecule has 2 aromatic rings. The van der Waals surface area contributed by atoms with Crippen molar-refractivity contribution in [3.63, 3.8) is 0 Å². The van der Waals surface area contributed by atoms with Crippen LogP contribution in [0.3, 0.4) is 0 Å². The van der Waals surface area contributed by atoms with Crippen LogP contribution in [0.25, 0.3) is 0 Å². The number of nitrogens with one attached hydrogen (secondary N) is 1. The summed E-state index contributed by atoms with van der Waals surface area (Å²) in [4.78, 5) is 4.03. The van der Waals surface area contributed by atoms with E-state index in [0.29, 0.717) is 5.02 Å². The predicted molar refractivity (Wildman–Crippen MR) is 80.8 cm³/mol. The molecule has 0 aliphatic rings. The number of halogens is 2. The van der Waals surface area contributed by atoms with Gasteiger partial charge in [0.15, 0.2) is 0 Å². The highest BCUT2D eigenvalue weighted by atomic mass is 35.5. The van der Waals surface area contributed by atoms with Gasteiger partial charge in [0, 0.05) is 17.4 Å². The summed E-state index contributed by atoms with van der Waals surface area (Å²) >= 11 is 12.2. The molecule has 1 atom stereocenters.